The minimum atomic E-state index is 0.735. The lowest BCUT2D eigenvalue weighted by atomic mass is 10.0. The maximum absolute atomic E-state index is 4.84. The number of nitrogens with one attached hydrogen (secondary N) is 1. The molecular formula is C19H20N6S. The second-order valence-electron chi connectivity index (χ2n) is 7.08. The van der Waals surface area contributed by atoms with Crippen molar-refractivity contribution in [2.75, 3.05) is 13.1 Å². The van der Waals surface area contributed by atoms with E-state index in [2.05, 4.69) is 33.4 Å². The SMILES string of the molecule is Cc1cn2nc(-c3cnc4cc(CC5CCNC5)sc4n3)cc(C)c2n1. The predicted octanol–water partition coefficient (Wildman–Crippen LogP) is 3.17. The lowest BCUT2D eigenvalue weighted by Crippen LogP contribution is -2.10. The fraction of sp³-hybridized carbons (Fsp3) is 0.368. The molecule has 1 saturated heterocycles. The van der Waals surface area contributed by atoms with Gasteiger partial charge in [0, 0.05) is 4.88 Å². The molecule has 1 N–H and O–H groups in total. The number of aryl methyl sites for hydroxylation is 2. The molecule has 0 spiro atoms. The Morgan fingerprint density at radius 1 is 1.23 bits per heavy atom. The van der Waals surface area contributed by atoms with E-state index >= 15 is 0 Å². The van der Waals surface area contributed by atoms with Gasteiger partial charge in [0.1, 0.15) is 21.7 Å². The van der Waals surface area contributed by atoms with Crippen LogP contribution in [0.5, 0.6) is 0 Å². The van der Waals surface area contributed by atoms with Gasteiger partial charge in [0.15, 0.2) is 5.65 Å². The van der Waals surface area contributed by atoms with Crippen molar-refractivity contribution in [2.45, 2.75) is 26.7 Å². The number of nitrogens with zero attached hydrogens (tertiary/aromatic N) is 5. The zero-order valence-corrected chi connectivity index (χ0v) is 15.7. The zero-order chi connectivity index (χ0) is 17.7. The van der Waals surface area contributed by atoms with Crippen LogP contribution in [0.4, 0.5) is 0 Å². The van der Waals surface area contributed by atoms with Crippen LogP contribution in [0.1, 0.15) is 22.6 Å². The quantitative estimate of drug-likeness (QED) is 0.605. The standard InChI is InChI=1S/C19H20N6S/c1-11-5-15(24-25-10-12(2)22-18(11)25)17-9-21-16-7-14(26-19(16)23-17)6-13-3-4-20-8-13/h5,7,9-10,13,20H,3-4,6,8H2,1-2H3. The predicted molar refractivity (Wildman–Crippen MR) is 104 cm³/mol. The number of hydrogen-bond donors (Lipinski definition) is 1. The molecule has 1 aliphatic heterocycles. The van der Waals surface area contributed by atoms with Gasteiger partial charge < -0.3 is 5.32 Å². The second-order valence-corrected chi connectivity index (χ2v) is 8.20. The monoisotopic (exact) mass is 364 g/mol. The Bertz CT molecular complexity index is 1110. The third-order valence-electron chi connectivity index (χ3n) is 4.94. The minimum absolute atomic E-state index is 0.735. The number of hydrogen-bond acceptors (Lipinski definition) is 6. The fourth-order valence-electron chi connectivity index (χ4n) is 3.63. The van der Waals surface area contributed by atoms with E-state index in [1.165, 1.54) is 11.3 Å². The number of thiophene rings is 1. The molecule has 1 atom stereocenters. The Morgan fingerprint density at radius 2 is 2.15 bits per heavy atom. The van der Waals surface area contributed by atoms with Crippen molar-refractivity contribution in [2.24, 2.45) is 5.92 Å². The fourth-order valence-corrected chi connectivity index (χ4v) is 4.73. The summed E-state index contributed by atoms with van der Waals surface area (Å²) in [6.45, 7) is 6.29. The lowest BCUT2D eigenvalue weighted by Gasteiger charge is -2.04. The summed E-state index contributed by atoms with van der Waals surface area (Å²) < 4.78 is 1.83. The van der Waals surface area contributed by atoms with Crippen molar-refractivity contribution in [3.05, 3.63) is 40.7 Å². The van der Waals surface area contributed by atoms with E-state index in [0.717, 1.165) is 64.1 Å². The van der Waals surface area contributed by atoms with Gasteiger partial charge in [0.2, 0.25) is 0 Å². The molecule has 5 heterocycles. The molecule has 1 fully saturated rings. The van der Waals surface area contributed by atoms with Crippen molar-refractivity contribution in [1.29, 1.82) is 0 Å². The first-order chi connectivity index (χ1) is 12.7. The summed E-state index contributed by atoms with van der Waals surface area (Å²) in [5.74, 6) is 0.735. The van der Waals surface area contributed by atoms with Crippen molar-refractivity contribution < 1.29 is 0 Å². The van der Waals surface area contributed by atoms with E-state index in [0.29, 0.717) is 0 Å². The van der Waals surface area contributed by atoms with Gasteiger partial charge in [-0.15, -0.1) is 11.3 Å². The van der Waals surface area contributed by atoms with Crippen LogP contribution in [-0.2, 0) is 6.42 Å². The third-order valence-corrected chi connectivity index (χ3v) is 5.98. The molecule has 1 unspecified atom stereocenters. The maximum atomic E-state index is 4.84. The molecule has 0 amide bonds. The summed E-state index contributed by atoms with van der Waals surface area (Å²) in [4.78, 5) is 16.3. The molecule has 0 radical (unpaired) electrons. The average molecular weight is 364 g/mol. The highest BCUT2D eigenvalue weighted by Gasteiger charge is 2.17. The van der Waals surface area contributed by atoms with E-state index in [1.807, 2.05) is 29.9 Å². The highest BCUT2D eigenvalue weighted by atomic mass is 32.1. The molecule has 0 bridgehead atoms. The van der Waals surface area contributed by atoms with Crippen LogP contribution >= 0.6 is 11.3 Å². The first kappa shape index (κ1) is 15.8. The van der Waals surface area contributed by atoms with E-state index in [-0.39, 0.29) is 0 Å². The van der Waals surface area contributed by atoms with Gasteiger partial charge in [-0.2, -0.15) is 5.10 Å². The highest BCUT2D eigenvalue weighted by molar-refractivity contribution is 7.18. The van der Waals surface area contributed by atoms with E-state index in [4.69, 9.17) is 4.98 Å². The van der Waals surface area contributed by atoms with Crippen LogP contribution in [-0.4, -0.2) is 37.7 Å². The molecule has 0 saturated carbocycles. The van der Waals surface area contributed by atoms with Gasteiger partial charge in [-0.05, 0) is 63.4 Å². The molecule has 5 rings (SSSR count). The molecule has 132 valence electrons. The minimum Gasteiger partial charge on any atom is -0.316 e. The number of aromatic nitrogens is 5. The number of imidazole rings is 1. The molecule has 1 aliphatic rings. The Balaban J connectivity index is 1.52. The van der Waals surface area contributed by atoms with Gasteiger partial charge in [-0.1, -0.05) is 0 Å². The van der Waals surface area contributed by atoms with Gasteiger partial charge in [0.25, 0.3) is 0 Å². The molecule has 4 aromatic rings. The molecule has 7 heteroatoms. The molecular weight excluding hydrogens is 344 g/mol. The van der Waals surface area contributed by atoms with Gasteiger partial charge >= 0.3 is 0 Å². The van der Waals surface area contributed by atoms with E-state index < -0.39 is 0 Å². The van der Waals surface area contributed by atoms with Crippen molar-refractivity contribution in [3.8, 4) is 11.4 Å². The normalized spacial score (nSPS) is 17.5. The van der Waals surface area contributed by atoms with E-state index in [9.17, 15) is 0 Å². The summed E-state index contributed by atoms with van der Waals surface area (Å²) in [6, 6.07) is 4.23. The van der Waals surface area contributed by atoms with Gasteiger partial charge in [-0.25, -0.2) is 14.5 Å². The van der Waals surface area contributed by atoms with Crippen LogP contribution in [0.3, 0.4) is 0 Å². The largest absolute Gasteiger partial charge is 0.316 e. The molecule has 26 heavy (non-hydrogen) atoms. The van der Waals surface area contributed by atoms with Crippen molar-refractivity contribution >= 4 is 27.3 Å². The lowest BCUT2D eigenvalue weighted by molar-refractivity contribution is 0.585. The summed E-state index contributed by atoms with van der Waals surface area (Å²) in [5.41, 5.74) is 5.57. The molecule has 4 aromatic heterocycles. The van der Waals surface area contributed by atoms with Crippen LogP contribution in [0.2, 0.25) is 0 Å². The first-order valence-corrected chi connectivity index (χ1v) is 9.77. The average Bonchev–Trinajstić information content (AvgIpc) is 3.33. The van der Waals surface area contributed by atoms with Crippen LogP contribution in [0, 0.1) is 19.8 Å². The summed E-state index contributed by atoms with van der Waals surface area (Å²) in [6.07, 6.45) is 6.14. The van der Waals surface area contributed by atoms with Crippen molar-refractivity contribution in [1.82, 2.24) is 29.9 Å². The van der Waals surface area contributed by atoms with E-state index in [1.54, 1.807) is 11.3 Å². The van der Waals surface area contributed by atoms with Crippen LogP contribution in [0.25, 0.3) is 27.4 Å². The third kappa shape index (κ3) is 2.77. The summed E-state index contributed by atoms with van der Waals surface area (Å²) in [5, 5.41) is 8.11. The summed E-state index contributed by atoms with van der Waals surface area (Å²) >= 11 is 1.76. The Morgan fingerprint density at radius 3 is 3.00 bits per heavy atom. The second kappa shape index (κ2) is 6.10. The van der Waals surface area contributed by atoms with Crippen LogP contribution in [0.15, 0.2) is 24.5 Å². The summed E-state index contributed by atoms with van der Waals surface area (Å²) in [7, 11) is 0. The van der Waals surface area contributed by atoms with Gasteiger partial charge in [0.05, 0.1) is 18.1 Å². The van der Waals surface area contributed by atoms with Crippen molar-refractivity contribution in [3.63, 3.8) is 0 Å². The van der Waals surface area contributed by atoms with Crippen LogP contribution < -0.4 is 5.32 Å². The Kier molecular flexibility index (Phi) is 3.72. The molecule has 6 nitrogen and oxygen atoms in total. The number of rotatable bonds is 3. The molecule has 0 aliphatic carbocycles. The topological polar surface area (TPSA) is 68.0 Å². The highest BCUT2D eigenvalue weighted by Crippen LogP contribution is 2.28. The zero-order valence-electron chi connectivity index (χ0n) is 14.9. The smallest absolute Gasteiger partial charge is 0.156 e. The van der Waals surface area contributed by atoms with Gasteiger partial charge in [-0.3, -0.25) is 4.98 Å². The Labute approximate surface area is 155 Å². The number of fused-ring (bicyclic) bond motifs is 2. The maximum Gasteiger partial charge on any atom is 0.156 e. The molecule has 0 aromatic carbocycles. The first-order valence-electron chi connectivity index (χ1n) is 8.96. The Hall–Kier alpha value is -2.38.